The van der Waals surface area contributed by atoms with Crippen LogP contribution >= 0.6 is 11.3 Å². The van der Waals surface area contributed by atoms with E-state index in [4.69, 9.17) is 16.0 Å². The van der Waals surface area contributed by atoms with Crippen molar-refractivity contribution in [1.29, 1.82) is 10.5 Å². The number of aliphatic hydroxyl groups excluding tert-OH is 1. The molecule has 0 fully saturated rings. The van der Waals surface area contributed by atoms with Gasteiger partial charge in [-0.1, -0.05) is 48.5 Å². The average Bonchev–Trinajstić information content (AvgIpc) is 3.68. The van der Waals surface area contributed by atoms with E-state index in [9.17, 15) is 20.7 Å². The summed E-state index contributed by atoms with van der Waals surface area (Å²) in [5.41, 5.74) is 2.68. The van der Waals surface area contributed by atoms with Crippen molar-refractivity contribution in [2.24, 2.45) is 0 Å². The molecular formula is C39H32N4O4S. The molecule has 0 saturated carbocycles. The van der Waals surface area contributed by atoms with Crippen LogP contribution in [0, 0.1) is 29.2 Å². The fraction of sp³-hybridized carbons (Fsp3) is 0.154. The smallest absolute Gasteiger partial charge is 0.237 e. The van der Waals surface area contributed by atoms with Crippen LogP contribution in [0.15, 0.2) is 114 Å². The molecule has 2 N–H and O–H groups in total. The van der Waals surface area contributed by atoms with Gasteiger partial charge in [0.25, 0.3) is 0 Å². The number of aromatic hydroxyl groups is 1. The van der Waals surface area contributed by atoms with Crippen molar-refractivity contribution in [3.63, 3.8) is 0 Å². The minimum Gasteiger partial charge on any atom is -0.508 e. The fourth-order valence-corrected chi connectivity index (χ4v) is 6.03. The summed E-state index contributed by atoms with van der Waals surface area (Å²) in [6.07, 6.45) is 7.69. The second-order valence-corrected chi connectivity index (χ2v) is 12.2. The van der Waals surface area contributed by atoms with E-state index in [1.54, 1.807) is 36.5 Å². The van der Waals surface area contributed by atoms with Crippen LogP contribution in [-0.2, 0) is 16.9 Å². The SMILES string of the molecule is [C-]#[N+]C1=C(/C=C/c2ccc(/C=C/c3ccc(N(C)CCO)cc3OCc3ccccc3)s2)C(C)(c2ccc(O)cc2)OC1=C(C#N)C#N. The van der Waals surface area contributed by atoms with Crippen LogP contribution in [0.2, 0.25) is 0 Å². The average molecular weight is 653 g/mol. The van der Waals surface area contributed by atoms with E-state index in [-0.39, 0.29) is 29.4 Å². The highest BCUT2D eigenvalue weighted by Crippen LogP contribution is 2.48. The van der Waals surface area contributed by atoms with Crippen LogP contribution in [0.5, 0.6) is 11.5 Å². The molecule has 0 bridgehead atoms. The monoisotopic (exact) mass is 652 g/mol. The standard InChI is InChI=1S/C39H32N4O4S/c1-39(30-11-14-32(45)15-12-30)35(37(42-2)38(47-39)29(24-40)25-41)20-19-34-18-17-33(48-34)16-10-28-9-13-31(43(3)21-22-44)23-36(28)46-26-27-7-5-4-6-8-27/h4-20,23,44-45H,21-22,26H2,1,3H3/b16-10+,20-19+. The number of rotatable bonds is 11. The van der Waals surface area contributed by atoms with E-state index in [0.29, 0.717) is 24.3 Å². The Bertz CT molecular complexity index is 2020. The number of phenols is 1. The van der Waals surface area contributed by atoms with Gasteiger partial charge in [0.2, 0.25) is 5.70 Å². The Morgan fingerprint density at radius 3 is 2.31 bits per heavy atom. The number of hydrogen-bond acceptors (Lipinski definition) is 8. The normalized spacial score (nSPS) is 15.6. The molecule has 1 aliphatic rings. The van der Waals surface area contributed by atoms with Gasteiger partial charge in [0.15, 0.2) is 11.3 Å². The summed E-state index contributed by atoms with van der Waals surface area (Å²) < 4.78 is 12.4. The Morgan fingerprint density at radius 2 is 1.67 bits per heavy atom. The number of aliphatic hydroxyl groups is 1. The van der Waals surface area contributed by atoms with Crippen molar-refractivity contribution in [1.82, 2.24) is 0 Å². The highest BCUT2D eigenvalue weighted by molar-refractivity contribution is 7.13. The van der Waals surface area contributed by atoms with Gasteiger partial charge >= 0.3 is 0 Å². The van der Waals surface area contributed by atoms with Crippen LogP contribution in [0.1, 0.15) is 33.4 Å². The van der Waals surface area contributed by atoms with Crippen molar-refractivity contribution in [3.8, 4) is 23.6 Å². The molecule has 1 atom stereocenters. The number of nitrogens with zero attached hydrogens (tertiary/aromatic N) is 4. The van der Waals surface area contributed by atoms with Crippen molar-refractivity contribution in [2.45, 2.75) is 19.1 Å². The zero-order valence-electron chi connectivity index (χ0n) is 26.4. The van der Waals surface area contributed by atoms with Gasteiger partial charge in [0.05, 0.1) is 13.2 Å². The summed E-state index contributed by atoms with van der Waals surface area (Å²) in [4.78, 5) is 7.54. The molecule has 2 heterocycles. The van der Waals surface area contributed by atoms with Crippen LogP contribution in [-0.4, -0.2) is 30.4 Å². The molecule has 0 spiro atoms. The Hall–Kier alpha value is -6.05. The molecule has 3 aromatic carbocycles. The zero-order chi connectivity index (χ0) is 34.1. The van der Waals surface area contributed by atoms with Gasteiger partial charge < -0.3 is 24.6 Å². The van der Waals surface area contributed by atoms with Crippen LogP contribution < -0.4 is 9.64 Å². The maximum absolute atomic E-state index is 9.85. The molecule has 0 radical (unpaired) electrons. The quantitative estimate of drug-likeness (QED) is 0.124. The maximum atomic E-state index is 9.85. The molecular weight excluding hydrogens is 621 g/mol. The third kappa shape index (κ3) is 7.33. The van der Waals surface area contributed by atoms with Gasteiger partial charge in [-0.05, 0) is 72.7 Å². The Balaban J connectivity index is 1.44. The third-order valence-corrected chi connectivity index (χ3v) is 8.89. The third-order valence-electron chi connectivity index (χ3n) is 7.87. The number of phenolic OH excluding ortho intramolecular Hbond substituents is 1. The number of ether oxygens (including phenoxy) is 2. The molecule has 48 heavy (non-hydrogen) atoms. The van der Waals surface area contributed by atoms with Gasteiger partial charge in [-0.2, -0.15) is 10.5 Å². The van der Waals surface area contributed by atoms with Gasteiger partial charge in [0, 0.05) is 46.2 Å². The first-order valence-corrected chi connectivity index (χ1v) is 15.9. The molecule has 4 aromatic rings. The topological polar surface area (TPSA) is 114 Å². The largest absolute Gasteiger partial charge is 0.508 e. The number of anilines is 1. The molecule has 0 amide bonds. The van der Waals surface area contributed by atoms with Crippen LogP contribution in [0.25, 0.3) is 23.1 Å². The van der Waals surface area contributed by atoms with E-state index in [2.05, 4.69) is 4.85 Å². The van der Waals surface area contributed by atoms with Crippen LogP contribution in [0.4, 0.5) is 5.69 Å². The van der Waals surface area contributed by atoms with Gasteiger partial charge in [0.1, 0.15) is 35.8 Å². The highest BCUT2D eigenvalue weighted by atomic mass is 32.1. The van der Waals surface area contributed by atoms with Gasteiger partial charge in [-0.3, -0.25) is 0 Å². The summed E-state index contributed by atoms with van der Waals surface area (Å²) >= 11 is 1.55. The summed E-state index contributed by atoms with van der Waals surface area (Å²) in [7, 11) is 1.92. The molecule has 0 aliphatic carbocycles. The fourth-order valence-electron chi connectivity index (χ4n) is 5.22. The number of allylic oxidation sites excluding steroid dienone is 1. The number of benzene rings is 3. The second kappa shape index (κ2) is 15.0. The summed E-state index contributed by atoms with van der Waals surface area (Å²) in [6.45, 7) is 10.6. The molecule has 0 saturated heterocycles. The lowest BCUT2D eigenvalue weighted by Crippen LogP contribution is -2.23. The first-order valence-electron chi connectivity index (χ1n) is 15.0. The first-order chi connectivity index (χ1) is 23.3. The van der Waals surface area contributed by atoms with Crippen molar-refractivity contribution >= 4 is 35.3 Å². The van der Waals surface area contributed by atoms with E-state index in [0.717, 1.165) is 32.3 Å². The maximum Gasteiger partial charge on any atom is 0.237 e. The van der Waals surface area contributed by atoms with E-state index >= 15 is 0 Å². The lowest BCUT2D eigenvalue weighted by molar-refractivity contribution is 0.0754. The van der Waals surface area contributed by atoms with E-state index in [1.165, 1.54) is 12.1 Å². The number of nitriles is 2. The Kier molecular flexibility index (Phi) is 10.4. The molecule has 1 aliphatic heterocycles. The predicted molar refractivity (Wildman–Crippen MR) is 188 cm³/mol. The summed E-state index contributed by atoms with van der Waals surface area (Å²) in [5, 5.41) is 38.4. The van der Waals surface area contributed by atoms with Gasteiger partial charge in [-0.25, -0.2) is 4.85 Å². The predicted octanol–water partition coefficient (Wildman–Crippen LogP) is 8.07. The van der Waals surface area contributed by atoms with Crippen molar-refractivity contribution < 1.29 is 19.7 Å². The first kappa shape index (κ1) is 33.3. The van der Waals surface area contributed by atoms with E-state index < -0.39 is 5.60 Å². The Morgan fingerprint density at radius 1 is 0.979 bits per heavy atom. The molecule has 9 heteroatoms. The highest BCUT2D eigenvalue weighted by Gasteiger charge is 2.43. The van der Waals surface area contributed by atoms with Gasteiger partial charge in [-0.15, -0.1) is 11.3 Å². The molecule has 8 nitrogen and oxygen atoms in total. The summed E-state index contributed by atoms with van der Waals surface area (Å²) in [6, 6.07) is 30.0. The lowest BCUT2D eigenvalue weighted by atomic mass is 9.87. The number of thiophene rings is 1. The molecule has 5 rings (SSSR count). The van der Waals surface area contributed by atoms with Crippen molar-refractivity contribution in [2.75, 3.05) is 25.1 Å². The van der Waals surface area contributed by atoms with Crippen LogP contribution in [0.3, 0.4) is 0 Å². The number of likely N-dealkylation sites (N-methyl/N-ethyl adjacent to an activating group) is 1. The molecule has 238 valence electrons. The second-order valence-electron chi connectivity index (χ2n) is 11.0. The van der Waals surface area contributed by atoms with Crippen molar-refractivity contribution in [3.05, 3.63) is 151 Å². The summed E-state index contributed by atoms with van der Waals surface area (Å²) in [5.74, 6) is 0.746. The van der Waals surface area contributed by atoms with E-state index in [1.807, 2.05) is 103 Å². The lowest BCUT2D eigenvalue weighted by Gasteiger charge is -2.28. The minimum absolute atomic E-state index is 0.0473. The number of hydrogen-bond donors (Lipinski definition) is 2. The Labute approximate surface area is 284 Å². The zero-order valence-corrected chi connectivity index (χ0v) is 27.2. The minimum atomic E-state index is -1.17. The molecule has 1 aromatic heterocycles. The molecule has 1 unspecified atom stereocenters.